The lowest BCUT2D eigenvalue weighted by molar-refractivity contribution is -0.00635. The number of aryl methyl sites for hydroxylation is 1. The molecule has 9 heteroatoms. The van der Waals surface area contributed by atoms with Gasteiger partial charge in [-0.1, -0.05) is 42.0 Å². The lowest BCUT2D eigenvalue weighted by Crippen LogP contribution is -2.43. The summed E-state index contributed by atoms with van der Waals surface area (Å²) in [5, 5.41) is 3.00. The van der Waals surface area contributed by atoms with Gasteiger partial charge in [0.15, 0.2) is 6.67 Å². The Morgan fingerprint density at radius 1 is 1.22 bits per heavy atom. The smallest absolute Gasteiger partial charge is 0.355 e. The van der Waals surface area contributed by atoms with E-state index in [1.54, 1.807) is 26.0 Å². The summed E-state index contributed by atoms with van der Waals surface area (Å²) in [5.41, 5.74) is 1.27. The van der Waals surface area contributed by atoms with E-state index in [9.17, 15) is 18.4 Å². The fraction of sp³-hybridized carbons (Fsp3) is 0.348. The highest BCUT2D eigenvalue weighted by atomic mass is 19.2. The monoisotopic (exact) mass is 444 g/mol. The highest BCUT2D eigenvalue weighted by Crippen LogP contribution is 2.18. The topological polar surface area (TPSA) is 78.2 Å². The van der Waals surface area contributed by atoms with Gasteiger partial charge in [-0.2, -0.15) is 9.37 Å². The van der Waals surface area contributed by atoms with Gasteiger partial charge in [-0.15, -0.1) is 0 Å². The largest absolute Gasteiger partial charge is 0.458 e. The Morgan fingerprint density at radius 2 is 1.94 bits per heavy atom. The molecule has 0 saturated carbocycles. The average molecular weight is 444 g/mol. The molecule has 0 radical (unpaired) electrons. The van der Waals surface area contributed by atoms with Crippen LogP contribution in [-0.2, 0) is 11.3 Å². The first-order chi connectivity index (χ1) is 15.3. The van der Waals surface area contributed by atoms with E-state index in [-0.39, 0.29) is 24.3 Å². The summed E-state index contributed by atoms with van der Waals surface area (Å²) < 4.78 is 33.2. The first-order valence-electron chi connectivity index (χ1n) is 10.3. The number of hydrogen-bond donors (Lipinski definition) is 1. The number of alkyl halides is 2. The second kappa shape index (κ2) is 10.2. The van der Waals surface area contributed by atoms with E-state index in [1.165, 1.54) is 16.7 Å². The zero-order valence-electron chi connectivity index (χ0n) is 18.2. The second-order valence-corrected chi connectivity index (χ2v) is 7.71. The van der Waals surface area contributed by atoms with E-state index in [2.05, 4.69) is 10.3 Å². The Morgan fingerprint density at radius 3 is 2.59 bits per heavy atom. The van der Waals surface area contributed by atoms with Gasteiger partial charge in [0, 0.05) is 18.2 Å². The Balaban J connectivity index is 2.02. The van der Waals surface area contributed by atoms with E-state index < -0.39 is 24.4 Å². The Labute approximate surface area is 184 Å². The molecule has 1 aromatic heterocycles. The third-order valence-electron chi connectivity index (χ3n) is 4.79. The number of rotatable bonds is 8. The van der Waals surface area contributed by atoms with Crippen molar-refractivity contribution in [2.75, 3.05) is 12.0 Å². The summed E-state index contributed by atoms with van der Waals surface area (Å²) in [6.45, 7) is 4.35. The summed E-state index contributed by atoms with van der Waals surface area (Å²) in [6.07, 6.45) is 4.70. The quantitative estimate of drug-likeness (QED) is 0.671. The van der Waals surface area contributed by atoms with Crippen LogP contribution in [0.4, 0.5) is 14.7 Å². The standard InChI is InChI=1S/C23H26F2N4O3/c1-15(2)29-22(30)27-21(28(23(29)31)14-17-10-8-16(3)9-11-17)26-18-6-4-5-7-19(12-18)32-20(25)13-24/h4-5,7-12,15,20H,6,13-14H2,1-3H3,(H,26,27,30). The van der Waals surface area contributed by atoms with Crippen molar-refractivity contribution in [2.24, 2.45) is 0 Å². The van der Waals surface area contributed by atoms with E-state index in [0.717, 1.165) is 15.7 Å². The zero-order valence-corrected chi connectivity index (χ0v) is 18.2. The van der Waals surface area contributed by atoms with Gasteiger partial charge in [0.2, 0.25) is 5.95 Å². The van der Waals surface area contributed by atoms with Gasteiger partial charge in [0.25, 0.3) is 6.36 Å². The fourth-order valence-corrected chi connectivity index (χ4v) is 3.18. The molecule has 0 aliphatic heterocycles. The molecule has 1 N–H and O–H groups in total. The Bertz CT molecular complexity index is 1160. The number of nitrogens with zero attached hydrogens (tertiary/aromatic N) is 3. The molecule has 1 aliphatic rings. The molecule has 2 aromatic rings. The molecular formula is C23H26F2N4O3. The average Bonchev–Trinajstić information content (AvgIpc) is 2.96. The van der Waals surface area contributed by atoms with Crippen molar-refractivity contribution in [3.05, 3.63) is 92.1 Å². The van der Waals surface area contributed by atoms with Crippen molar-refractivity contribution in [1.82, 2.24) is 14.1 Å². The minimum absolute atomic E-state index is 0.0562. The van der Waals surface area contributed by atoms with Gasteiger partial charge in [-0.3, -0.25) is 4.57 Å². The minimum atomic E-state index is -2.09. The maximum absolute atomic E-state index is 13.4. The van der Waals surface area contributed by atoms with E-state index in [0.29, 0.717) is 12.1 Å². The summed E-state index contributed by atoms with van der Waals surface area (Å²) >= 11 is 0. The van der Waals surface area contributed by atoms with Gasteiger partial charge >= 0.3 is 11.4 Å². The number of ether oxygens (including phenoxy) is 1. The molecule has 7 nitrogen and oxygen atoms in total. The minimum Gasteiger partial charge on any atom is -0.458 e. The van der Waals surface area contributed by atoms with Crippen molar-refractivity contribution in [3.63, 3.8) is 0 Å². The fourth-order valence-electron chi connectivity index (χ4n) is 3.18. The molecule has 0 saturated heterocycles. The summed E-state index contributed by atoms with van der Waals surface area (Å²) in [4.78, 5) is 29.8. The first kappa shape index (κ1) is 23.2. The number of anilines is 1. The highest BCUT2D eigenvalue weighted by molar-refractivity contribution is 5.41. The number of allylic oxidation sites excluding steroid dienone is 4. The maximum Gasteiger partial charge on any atom is 0.355 e. The van der Waals surface area contributed by atoms with E-state index in [4.69, 9.17) is 4.74 Å². The molecule has 1 atom stereocenters. The van der Waals surface area contributed by atoms with Gasteiger partial charge in [0.1, 0.15) is 5.76 Å². The molecule has 1 heterocycles. The number of benzene rings is 1. The molecule has 0 spiro atoms. The Kier molecular flexibility index (Phi) is 7.40. The van der Waals surface area contributed by atoms with Crippen molar-refractivity contribution < 1.29 is 13.5 Å². The van der Waals surface area contributed by atoms with E-state index >= 15 is 0 Å². The van der Waals surface area contributed by atoms with Crippen LogP contribution in [-0.4, -0.2) is 27.2 Å². The van der Waals surface area contributed by atoms with Crippen molar-refractivity contribution in [1.29, 1.82) is 0 Å². The second-order valence-electron chi connectivity index (χ2n) is 7.71. The van der Waals surface area contributed by atoms with Crippen molar-refractivity contribution in [2.45, 2.75) is 46.1 Å². The number of hydrogen-bond acceptors (Lipinski definition) is 5. The predicted molar refractivity (Wildman–Crippen MR) is 119 cm³/mol. The van der Waals surface area contributed by atoms with Crippen LogP contribution >= 0.6 is 0 Å². The summed E-state index contributed by atoms with van der Waals surface area (Å²) in [6, 6.07) is 7.30. The van der Waals surface area contributed by atoms with Crippen LogP contribution in [0.1, 0.15) is 37.4 Å². The molecule has 32 heavy (non-hydrogen) atoms. The van der Waals surface area contributed by atoms with Crippen molar-refractivity contribution >= 4 is 5.95 Å². The molecular weight excluding hydrogens is 418 g/mol. The van der Waals surface area contributed by atoms with Crippen LogP contribution in [0.15, 0.2) is 69.6 Å². The van der Waals surface area contributed by atoms with Crippen LogP contribution in [0.3, 0.4) is 0 Å². The SMILES string of the molecule is Cc1ccc(Cn2c(NC3=CC(OC(F)CF)=CC=CC3)nc(=O)n(C(C)C)c2=O)cc1. The predicted octanol–water partition coefficient (Wildman–Crippen LogP) is 3.76. The molecule has 0 fully saturated rings. The summed E-state index contributed by atoms with van der Waals surface area (Å²) in [5.74, 6) is 0.162. The third-order valence-corrected chi connectivity index (χ3v) is 4.79. The molecule has 0 amide bonds. The van der Waals surface area contributed by atoms with Crippen LogP contribution < -0.4 is 16.7 Å². The Hall–Kier alpha value is -3.49. The zero-order chi connectivity index (χ0) is 23.3. The van der Waals surface area contributed by atoms with Gasteiger partial charge in [-0.25, -0.2) is 18.5 Å². The van der Waals surface area contributed by atoms with Crippen LogP contribution in [0, 0.1) is 6.92 Å². The molecule has 170 valence electrons. The normalized spacial score (nSPS) is 14.6. The highest BCUT2D eigenvalue weighted by Gasteiger charge is 2.17. The maximum atomic E-state index is 13.4. The van der Waals surface area contributed by atoms with Crippen LogP contribution in [0.2, 0.25) is 0 Å². The lowest BCUT2D eigenvalue weighted by Gasteiger charge is -2.18. The molecule has 3 rings (SSSR count). The molecule has 1 aromatic carbocycles. The lowest BCUT2D eigenvalue weighted by atomic mass is 10.1. The van der Waals surface area contributed by atoms with Crippen LogP contribution in [0.25, 0.3) is 0 Å². The third kappa shape index (κ3) is 5.60. The van der Waals surface area contributed by atoms with Crippen LogP contribution in [0.5, 0.6) is 0 Å². The van der Waals surface area contributed by atoms with Gasteiger partial charge in [0.05, 0.1) is 6.54 Å². The molecule has 1 aliphatic carbocycles. The van der Waals surface area contributed by atoms with Gasteiger partial charge < -0.3 is 10.1 Å². The number of halogens is 2. The van der Waals surface area contributed by atoms with Gasteiger partial charge in [-0.05, 0) is 38.5 Å². The molecule has 1 unspecified atom stereocenters. The first-order valence-corrected chi connectivity index (χ1v) is 10.3. The number of nitrogens with one attached hydrogen (secondary N) is 1. The van der Waals surface area contributed by atoms with Crippen molar-refractivity contribution in [3.8, 4) is 0 Å². The molecule has 0 bridgehead atoms. The number of aromatic nitrogens is 3. The summed E-state index contributed by atoms with van der Waals surface area (Å²) in [7, 11) is 0. The van der Waals surface area contributed by atoms with E-state index in [1.807, 2.05) is 31.2 Å².